The number of rotatable bonds is 7. The molecular formula is C9H20S2. The molecule has 0 bridgehead atoms. The zero-order valence-corrected chi connectivity index (χ0v) is 9.56. The number of thioether (sulfide) groups is 2. The predicted octanol–water partition coefficient (Wildman–Crippen LogP) is 4.01. The minimum atomic E-state index is 0.807. The Balaban J connectivity index is 3.02. The van der Waals surface area contributed by atoms with Gasteiger partial charge in [0.2, 0.25) is 0 Å². The van der Waals surface area contributed by atoms with Gasteiger partial charge in [-0.3, -0.25) is 0 Å². The van der Waals surface area contributed by atoms with Crippen molar-refractivity contribution in [1.29, 1.82) is 0 Å². The summed E-state index contributed by atoms with van der Waals surface area (Å²) in [4.78, 5) is 0. The Morgan fingerprint density at radius 2 is 1.64 bits per heavy atom. The van der Waals surface area contributed by atoms with Crippen LogP contribution in [-0.4, -0.2) is 16.1 Å². The van der Waals surface area contributed by atoms with Crippen molar-refractivity contribution in [2.75, 3.05) is 11.5 Å². The van der Waals surface area contributed by atoms with Crippen molar-refractivity contribution in [2.45, 2.75) is 44.6 Å². The molecule has 11 heavy (non-hydrogen) atoms. The second-order valence-electron chi connectivity index (χ2n) is 2.66. The summed E-state index contributed by atoms with van der Waals surface area (Å²) in [7, 11) is 0. The lowest BCUT2D eigenvalue weighted by Crippen LogP contribution is -1.92. The minimum absolute atomic E-state index is 0.807. The number of unbranched alkanes of at least 4 members (excludes halogenated alkanes) is 1. The van der Waals surface area contributed by atoms with E-state index in [4.69, 9.17) is 0 Å². The van der Waals surface area contributed by atoms with Crippen LogP contribution in [0.15, 0.2) is 0 Å². The first-order valence-electron chi connectivity index (χ1n) is 4.54. The summed E-state index contributed by atoms with van der Waals surface area (Å²) in [5.74, 6) is 2.66. The Hall–Kier alpha value is 0.700. The second kappa shape index (κ2) is 8.79. The van der Waals surface area contributed by atoms with Gasteiger partial charge in [-0.2, -0.15) is 0 Å². The zero-order valence-electron chi connectivity index (χ0n) is 7.93. The molecule has 0 aromatic carbocycles. The van der Waals surface area contributed by atoms with Gasteiger partial charge in [0.25, 0.3) is 0 Å². The molecule has 0 aliphatic carbocycles. The van der Waals surface area contributed by atoms with Gasteiger partial charge in [0, 0.05) is 4.58 Å². The summed E-state index contributed by atoms with van der Waals surface area (Å²) < 4.78 is 0.807. The number of hydrogen-bond donors (Lipinski definition) is 0. The summed E-state index contributed by atoms with van der Waals surface area (Å²) in [6.45, 7) is 6.82. The lowest BCUT2D eigenvalue weighted by atomic mass is 10.4. The van der Waals surface area contributed by atoms with Crippen molar-refractivity contribution < 1.29 is 0 Å². The molecular weight excluding hydrogens is 172 g/mol. The second-order valence-corrected chi connectivity index (χ2v) is 5.86. The molecule has 0 aliphatic heterocycles. The minimum Gasteiger partial charge on any atom is -0.148 e. The van der Waals surface area contributed by atoms with Crippen LogP contribution < -0.4 is 0 Å². The van der Waals surface area contributed by atoms with Crippen molar-refractivity contribution in [3.8, 4) is 0 Å². The molecule has 0 amide bonds. The average molecular weight is 192 g/mol. The highest BCUT2D eigenvalue weighted by Crippen LogP contribution is 2.24. The lowest BCUT2D eigenvalue weighted by Gasteiger charge is -2.08. The highest BCUT2D eigenvalue weighted by Gasteiger charge is 2.00. The Labute approximate surface area is 79.9 Å². The Bertz CT molecular complexity index is 74.0. The Kier molecular flexibility index (Phi) is 9.35. The molecule has 0 saturated carbocycles. The van der Waals surface area contributed by atoms with Crippen LogP contribution in [0.2, 0.25) is 0 Å². The predicted molar refractivity (Wildman–Crippen MR) is 59.6 cm³/mol. The highest BCUT2D eigenvalue weighted by atomic mass is 32.2. The van der Waals surface area contributed by atoms with E-state index in [0.717, 1.165) is 4.58 Å². The summed E-state index contributed by atoms with van der Waals surface area (Å²) in [5, 5.41) is 0. The fraction of sp³-hybridized carbons (Fsp3) is 1.00. The van der Waals surface area contributed by atoms with Crippen LogP contribution in [-0.2, 0) is 0 Å². The Morgan fingerprint density at radius 1 is 1.00 bits per heavy atom. The van der Waals surface area contributed by atoms with Gasteiger partial charge in [-0.1, -0.05) is 20.3 Å². The van der Waals surface area contributed by atoms with E-state index in [0.29, 0.717) is 0 Å². The largest absolute Gasteiger partial charge is 0.148 e. The van der Waals surface area contributed by atoms with Gasteiger partial charge in [-0.25, -0.2) is 0 Å². The molecule has 0 heterocycles. The van der Waals surface area contributed by atoms with Crippen molar-refractivity contribution in [3.63, 3.8) is 0 Å². The van der Waals surface area contributed by atoms with Crippen LogP contribution in [0.25, 0.3) is 0 Å². The molecule has 0 nitrogen and oxygen atoms in total. The maximum Gasteiger partial charge on any atom is 0.0474 e. The summed E-state index contributed by atoms with van der Waals surface area (Å²) in [6, 6.07) is 0. The Morgan fingerprint density at radius 3 is 2.18 bits per heavy atom. The summed E-state index contributed by atoms with van der Waals surface area (Å²) >= 11 is 4.19. The molecule has 1 atom stereocenters. The van der Waals surface area contributed by atoms with Gasteiger partial charge in [-0.05, 0) is 31.3 Å². The molecule has 0 aromatic heterocycles. The quantitative estimate of drug-likeness (QED) is 0.441. The van der Waals surface area contributed by atoms with Gasteiger partial charge in [0.05, 0.1) is 0 Å². The van der Waals surface area contributed by atoms with Crippen LogP contribution in [0.1, 0.15) is 40.0 Å². The SMILES string of the molecule is CCCCSC(C)SCCC. The van der Waals surface area contributed by atoms with Crippen molar-refractivity contribution in [1.82, 2.24) is 0 Å². The third-order valence-electron chi connectivity index (χ3n) is 1.41. The van der Waals surface area contributed by atoms with E-state index in [1.54, 1.807) is 0 Å². The van der Waals surface area contributed by atoms with E-state index in [1.165, 1.54) is 30.8 Å². The van der Waals surface area contributed by atoms with E-state index in [1.807, 2.05) is 0 Å². The van der Waals surface area contributed by atoms with Gasteiger partial charge in [0.1, 0.15) is 0 Å². The lowest BCUT2D eigenvalue weighted by molar-refractivity contribution is 0.896. The fourth-order valence-electron chi connectivity index (χ4n) is 0.726. The molecule has 68 valence electrons. The molecule has 0 rings (SSSR count). The first kappa shape index (κ1) is 11.7. The van der Waals surface area contributed by atoms with Crippen molar-refractivity contribution in [2.24, 2.45) is 0 Å². The fourth-order valence-corrected chi connectivity index (χ4v) is 3.04. The molecule has 0 aliphatic rings. The van der Waals surface area contributed by atoms with E-state index in [9.17, 15) is 0 Å². The first-order chi connectivity index (χ1) is 5.31. The summed E-state index contributed by atoms with van der Waals surface area (Å²) in [6.07, 6.45) is 4.02. The monoisotopic (exact) mass is 192 g/mol. The molecule has 2 heteroatoms. The first-order valence-corrected chi connectivity index (χ1v) is 6.64. The molecule has 0 fully saturated rings. The maximum atomic E-state index is 2.32. The normalized spacial score (nSPS) is 13.4. The highest BCUT2D eigenvalue weighted by molar-refractivity contribution is 8.16. The summed E-state index contributed by atoms with van der Waals surface area (Å²) in [5.41, 5.74) is 0. The van der Waals surface area contributed by atoms with Gasteiger partial charge in [-0.15, -0.1) is 23.5 Å². The topological polar surface area (TPSA) is 0 Å². The van der Waals surface area contributed by atoms with Crippen molar-refractivity contribution >= 4 is 23.5 Å². The van der Waals surface area contributed by atoms with Crippen LogP contribution >= 0.6 is 23.5 Å². The van der Waals surface area contributed by atoms with Gasteiger partial charge >= 0.3 is 0 Å². The van der Waals surface area contributed by atoms with E-state index < -0.39 is 0 Å². The van der Waals surface area contributed by atoms with Crippen LogP contribution in [0, 0.1) is 0 Å². The molecule has 0 spiro atoms. The maximum absolute atomic E-state index is 2.32. The van der Waals surface area contributed by atoms with Gasteiger partial charge < -0.3 is 0 Å². The van der Waals surface area contributed by atoms with Crippen LogP contribution in [0.3, 0.4) is 0 Å². The molecule has 0 radical (unpaired) electrons. The zero-order chi connectivity index (χ0) is 8.53. The standard InChI is InChI=1S/C9H20S2/c1-4-6-8-11-9(3)10-7-5-2/h9H,4-8H2,1-3H3. The third kappa shape index (κ3) is 8.61. The molecule has 0 N–H and O–H groups in total. The molecule has 0 saturated heterocycles. The van der Waals surface area contributed by atoms with E-state index in [2.05, 4.69) is 44.3 Å². The number of hydrogen-bond acceptors (Lipinski definition) is 2. The smallest absolute Gasteiger partial charge is 0.0474 e. The van der Waals surface area contributed by atoms with Crippen molar-refractivity contribution in [3.05, 3.63) is 0 Å². The molecule has 1 unspecified atom stereocenters. The van der Waals surface area contributed by atoms with E-state index in [-0.39, 0.29) is 0 Å². The van der Waals surface area contributed by atoms with Crippen LogP contribution in [0.4, 0.5) is 0 Å². The average Bonchev–Trinajstić information content (AvgIpc) is 2.01. The van der Waals surface area contributed by atoms with Crippen LogP contribution in [0.5, 0.6) is 0 Å². The molecule has 0 aromatic rings. The third-order valence-corrected chi connectivity index (χ3v) is 4.33. The van der Waals surface area contributed by atoms with Gasteiger partial charge in [0.15, 0.2) is 0 Å². The van der Waals surface area contributed by atoms with E-state index >= 15 is 0 Å².